The van der Waals surface area contributed by atoms with E-state index < -0.39 is 0 Å². The van der Waals surface area contributed by atoms with Crippen molar-refractivity contribution >= 4 is 0 Å². The van der Waals surface area contributed by atoms with Crippen LogP contribution in [0.3, 0.4) is 0 Å². The zero-order valence-electron chi connectivity index (χ0n) is 11.5. The summed E-state index contributed by atoms with van der Waals surface area (Å²) in [6.45, 7) is 4.28. The highest BCUT2D eigenvalue weighted by Gasteiger charge is 2.11. The van der Waals surface area contributed by atoms with Crippen LogP contribution in [-0.2, 0) is 12.8 Å². The lowest BCUT2D eigenvalue weighted by molar-refractivity contribution is 0.364. The molecule has 4 nitrogen and oxygen atoms in total. The topological polar surface area (TPSA) is 64.9 Å². The maximum absolute atomic E-state index is 6.14. The zero-order chi connectivity index (χ0) is 13.7. The maximum atomic E-state index is 6.14. The van der Waals surface area contributed by atoms with Crippen LogP contribution in [0.5, 0.6) is 0 Å². The zero-order valence-corrected chi connectivity index (χ0v) is 11.5. The highest BCUT2D eigenvalue weighted by atomic mass is 16.5. The van der Waals surface area contributed by atoms with E-state index in [9.17, 15) is 0 Å². The summed E-state index contributed by atoms with van der Waals surface area (Å²) in [5.74, 6) is 2.01. The van der Waals surface area contributed by atoms with E-state index in [2.05, 4.69) is 24.0 Å². The van der Waals surface area contributed by atoms with E-state index in [1.807, 2.05) is 30.3 Å². The fourth-order valence-corrected chi connectivity index (χ4v) is 1.99. The molecule has 1 heterocycles. The largest absolute Gasteiger partial charge is 0.339 e. The average Bonchev–Trinajstić information content (AvgIpc) is 2.84. The molecule has 0 fully saturated rings. The molecule has 0 saturated carbocycles. The minimum atomic E-state index is 0.0154. The van der Waals surface area contributed by atoms with Gasteiger partial charge < -0.3 is 10.3 Å². The summed E-state index contributed by atoms with van der Waals surface area (Å²) in [6.07, 6.45) is 2.39. The predicted octanol–water partition coefficient (Wildman–Crippen LogP) is 2.90. The fourth-order valence-electron chi connectivity index (χ4n) is 1.99. The van der Waals surface area contributed by atoms with E-state index in [-0.39, 0.29) is 6.04 Å². The number of nitrogens with two attached hydrogens (primary N) is 1. The monoisotopic (exact) mass is 259 g/mol. The average molecular weight is 259 g/mol. The number of benzene rings is 1. The van der Waals surface area contributed by atoms with Gasteiger partial charge in [-0.3, -0.25) is 0 Å². The third-order valence-corrected chi connectivity index (χ3v) is 3.00. The highest BCUT2D eigenvalue weighted by molar-refractivity contribution is 5.18. The second-order valence-electron chi connectivity index (χ2n) is 5.26. The number of aromatic nitrogens is 2. The summed E-state index contributed by atoms with van der Waals surface area (Å²) in [6, 6.07) is 10.1. The molecule has 0 radical (unpaired) electrons. The Morgan fingerprint density at radius 3 is 2.63 bits per heavy atom. The van der Waals surface area contributed by atoms with Gasteiger partial charge in [-0.15, -0.1) is 0 Å². The van der Waals surface area contributed by atoms with Crippen molar-refractivity contribution in [3.05, 3.63) is 47.6 Å². The minimum absolute atomic E-state index is 0.0154. The number of nitrogens with zero attached hydrogens (tertiary/aromatic N) is 2. The van der Waals surface area contributed by atoms with Gasteiger partial charge in [-0.1, -0.05) is 49.3 Å². The molecule has 0 aliphatic heterocycles. The molecule has 2 N–H and O–H groups in total. The molecule has 0 bridgehead atoms. The van der Waals surface area contributed by atoms with E-state index in [0.29, 0.717) is 11.8 Å². The Morgan fingerprint density at radius 2 is 1.95 bits per heavy atom. The van der Waals surface area contributed by atoms with Crippen LogP contribution in [0.15, 0.2) is 34.9 Å². The lowest BCUT2D eigenvalue weighted by Crippen LogP contribution is -2.11. The molecule has 1 aromatic heterocycles. The second kappa shape index (κ2) is 6.48. The van der Waals surface area contributed by atoms with Gasteiger partial charge in [0.1, 0.15) is 0 Å². The van der Waals surface area contributed by atoms with Crippen molar-refractivity contribution < 1.29 is 4.52 Å². The van der Waals surface area contributed by atoms with Crippen molar-refractivity contribution in [2.24, 2.45) is 11.7 Å². The number of hydrogen-bond donors (Lipinski definition) is 1. The molecule has 4 heteroatoms. The van der Waals surface area contributed by atoms with Crippen molar-refractivity contribution in [2.75, 3.05) is 0 Å². The minimum Gasteiger partial charge on any atom is -0.339 e. The second-order valence-corrected chi connectivity index (χ2v) is 5.26. The summed E-state index contributed by atoms with van der Waals surface area (Å²) in [4.78, 5) is 4.38. The molecule has 102 valence electrons. The van der Waals surface area contributed by atoms with E-state index in [1.165, 1.54) is 0 Å². The normalized spacial score (nSPS) is 12.8. The fraction of sp³-hybridized carbons (Fsp3) is 0.467. The van der Waals surface area contributed by atoms with Gasteiger partial charge in [0.05, 0.1) is 0 Å². The van der Waals surface area contributed by atoms with Crippen molar-refractivity contribution in [3.8, 4) is 0 Å². The molecule has 1 unspecified atom stereocenters. The Hall–Kier alpha value is -1.68. The van der Waals surface area contributed by atoms with Crippen LogP contribution in [-0.4, -0.2) is 10.1 Å². The van der Waals surface area contributed by atoms with Crippen molar-refractivity contribution in [1.82, 2.24) is 10.1 Å². The predicted molar refractivity (Wildman–Crippen MR) is 74.5 cm³/mol. The molecule has 1 atom stereocenters. The third-order valence-electron chi connectivity index (χ3n) is 3.00. The Bertz CT molecular complexity index is 493. The van der Waals surface area contributed by atoms with Gasteiger partial charge >= 0.3 is 0 Å². The molecule has 0 amide bonds. The van der Waals surface area contributed by atoms with E-state index in [1.54, 1.807) is 0 Å². The lowest BCUT2D eigenvalue weighted by atomic mass is 10.0. The Kier molecular flexibility index (Phi) is 4.68. The van der Waals surface area contributed by atoms with Gasteiger partial charge in [-0.05, 0) is 17.9 Å². The van der Waals surface area contributed by atoms with Gasteiger partial charge in [-0.25, -0.2) is 0 Å². The molecule has 0 aliphatic carbocycles. The standard InChI is InChI=1S/C15H21N3O/c1-11(2)10-14-17-15(19-18-14)9-8-13(16)12-6-4-3-5-7-12/h3-7,11,13H,8-10,16H2,1-2H3. The first-order valence-corrected chi connectivity index (χ1v) is 6.77. The van der Waals surface area contributed by atoms with Gasteiger partial charge in [0.25, 0.3) is 0 Å². The molecule has 1 aromatic carbocycles. The van der Waals surface area contributed by atoms with Gasteiger partial charge in [-0.2, -0.15) is 4.98 Å². The molecule has 0 spiro atoms. The first-order chi connectivity index (χ1) is 9.15. The molecule has 19 heavy (non-hydrogen) atoms. The molecule has 0 saturated heterocycles. The summed E-state index contributed by atoms with van der Waals surface area (Å²) < 4.78 is 5.24. The van der Waals surface area contributed by atoms with Crippen LogP contribution in [0.4, 0.5) is 0 Å². The maximum Gasteiger partial charge on any atom is 0.226 e. The highest BCUT2D eigenvalue weighted by Crippen LogP contribution is 2.16. The van der Waals surface area contributed by atoms with Crippen LogP contribution < -0.4 is 5.73 Å². The van der Waals surface area contributed by atoms with Crippen molar-refractivity contribution in [1.29, 1.82) is 0 Å². The summed E-state index contributed by atoms with van der Waals surface area (Å²) >= 11 is 0. The van der Waals surface area contributed by atoms with E-state index >= 15 is 0 Å². The van der Waals surface area contributed by atoms with Gasteiger partial charge in [0.2, 0.25) is 5.89 Å². The van der Waals surface area contributed by atoms with Crippen LogP contribution in [0.2, 0.25) is 0 Å². The van der Waals surface area contributed by atoms with Crippen LogP contribution in [0, 0.1) is 5.92 Å². The summed E-state index contributed by atoms with van der Waals surface area (Å²) in [5.41, 5.74) is 7.28. The van der Waals surface area contributed by atoms with Gasteiger partial charge in [0.15, 0.2) is 5.82 Å². The Balaban J connectivity index is 1.87. The first-order valence-electron chi connectivity index (χ1n) is 6.77. The molecule has 2 aromatic rings. The van der Waals surface area contributed by atoms with Crippen molar-refractivity contribution in [2.45, 2.75) is 39.2 Å². The SMILES string of the molecule is CC(C)Cc1noc(CCC(N)c2ccccc2)n1. The van der Waals surface area contributed by atoms with E-state index in [0.717, 1.165) is 30.7 Å². The van der Waals surface area contributed by atoms with Gasteiger partial charge in [0, 0.05) is 18.9 Å². The third kappa shape index (κ3) is 4.17. The number of rotatable bonds is 6. The van der Waals surface area contributed by atoms with Crippen molar-refractivity contribution in [3.63, 3.8) is 0 Å². The summed E-state index contributed by atoms with van der Waals surface area (Å²) in [5, 5.41) is 3.98. The molecule has 2 rings (SSSR count). The Morgan fingerprint density at radius 1 is 1.21 bits per heavy atom. The van der Waals surface area contributed by atoms with Crippen LogP contribution >= 0.6 is 0 Å². The lowest BCUT2D eigenvalue weighted by Gasteiger charge is -2.09. The quantitative estimate of drug-likeness (QED) is 0.866. The number of aryl methyl sites for hydroxylation is 1. The molecular weight excluding hydrogens is 238 g/mol. The van der Waals surface area contributed by atoms with E-state index in [4.69, 9.17) is 10.3 Å². The molecule has 0 aliphatic rings. The Labute approximate surface area is 114 Å². The smallest absolute Gasteiger partial charge is 0.226 e. The number of hydrogen-bond acceptors (Lipinski definition) is 4. The molecular formula is C15H21N3O. The van der Waals surface area contributed by atoms with Crippen LogP contribution in [0.1, 0.15) is 43.6 Å². The first kappa shape index (κ1) is 13.7. The van der Waals surface area contributed by atoms with Crippen LogP contribution in [0.25, 0.3) is 0 Å². The summed E-state index contributed by atoms with van der Waals surface area (Å²) in [7, 11) is 0.